The minimum atomic E-state index is -0.283. The topological polar surface area (TPSA) is 59.2 Å². The lowest BCUT2D eigenvalue weighted by atomic mass is 10.1. The van der Waals surface area contributed by atoms with Crippen molar-refractivity contribution in [1.82, 2.24) is 9.88 Å². The van der Waals surface area contributed by atoms with E-state index in [0.717, 1.165) is 29.2 Å². The number of hydrogen-bond acceptors (Lipinski definition) is 4. The summed E-state index contributed by atoms with van der Waals surface area (Å²) in [6.07, 6.45) is 1.25. The summed E-state index contributed by atoms with van der Waals surface area (Å²) in [4.78, 5) is 18.9. The molecular weight excluding hydrogens is 384 g/mol. The van der Waals surface area contributed by atoms with Crippen molar-refractivity contribution in [1.29, 1.82) is 0 Å². The molecule has 0 bridgehead atoms. The molecule has 4 nitrogen and oxygen atoms in total. The van der Waals surface area contributed by atoms with Gasteiger partial charge < -0.3 is 10.6 Å². The van der Waals surface area contributed by atoms with Crippen molar-refractivity contribution < 1.29 is 9.18 Å². The zero-order valence-electron chi connectivity index (χ0n) is 13.9. The molecule has 1 aliphatic rings. The molecule has 1 aromatic heterocycles. The Hall–Kier alpha value is -1.21. The smallest absolute Gasteiger partial charge is 0.228 e. The molecule has 0 aliphatic carbocycles. The molecule has 0 radical (unpaired) electrons. The van der Waals surface area contributed by atoms with Gasteiger partial charge in [-0.1, -0.05) is 12.1 Å². The van der Waals surface area contributed by atoms with E-state index in [1.54, 1.807) is 6.07 Å². The zero-order valence-corrected chi connectivity index (χ0v) is 16.3. The van der Waals surface area contributed by atoms with Crippen LogP contribution < -0.4 is 5.73 Å². The summed E-state index contributed by atoms with van der Waals surface area (Å²) >= 11 is 1.43. The number of nitrogens with zero attached hydrogens (tertiary/aromatic N) is 2. The molecule has 1 aromatic carbocycles. The quantitative estimate of drug-likeness (QED) is 0.845. The highest BCUT2D eigenvalue weighted by Gasteiger charge is 2.31. The minimum Gasteiger partial charge on any atom is -0.339 e. The predicted octanol–water partition coefficient (Wildman–Crippen LogP) is 3.53. The standard InChI is InChI=1S/C17H20FN3OS.2ClH/c1-11-5-12(8-19)9-21(11)16(22)7-15-10-23-17(20-15)13-3-2-4-14(18)6-13;;/h2-4,6,10-12H,5,7-9,19H2,1H3;2*1H. The first-order valence-corrected chi connectivity index (χ1v) is 8.64. The number of hydrogen-bond donors (Lipinski definition) is 1. The Kier molecular flexibility index (Phi) is 8.28. The second-order valence-electron chi connectivity index (χ2n) is 6.06. The third kappa shape index (κ3) is 5.14. The van der Waals surface area contributed by atoms with Crippen molar-refractivity contribution in [3.05, 3.63) is 41.2 Å². The Balaban J connectivity index is 0.00000156. The Morgan fingerprint density at radius 3 is 2.84 bits per heavy atom. The molecule has 138 valence electrons. The molecule has 2 N–H and O–H groups in total. The lowest BCUT2D eigenvalue weighted by molar-refractivity contribution is -0.131. The number of carbonyl (C=O) groups excluding carboxylic acids is 1. The first-order chi connectivity index (χ1) is 11.1. The minimum absolute atomic E-state index is 0. The van der Waals surface area contributed by atoms with Gasteiger partial charge in [-0.25, -0.2) is 9.37 Å². The van der Waals surface area contributed by atoms with Crippen LogP contribution in [0.3, 0.4) is 0 Å². The van der Waals surface area contributed by atoms with Crippen LogP contribution in [0.5, 0.6) is 0 Å². The fourth-order valence-corrected chi connectivity index (χ4v) is 3.88. The fraction of sp³-hybridized carbons (Fsp3) is 0.412. The van der Waals surface area contributed by atoms with Gasteiger partial charge in [-0.15, -0.1) is 36.2 Å². The van der Waals surface area contributed by atoms with Gasteiger partial charge in [0.1, 0.15) is 10.8 Å². The van der Waals surface area contributed by atoms with E-state index in [0.29, 0.717) is 12.5 Å². The van der Waals surface area contributed by atoms with E-state index in [1.165, 1.54) is 23.5 Å². The van der Waals surface area contributed by atoms with E-state index in [-0.39, 0.29) is 49.0 Å². The summed E-state index contributed by atoms with van der Waals surface area (Å²) in [5.74, 6) is 0.200. The van der Waals surface area contributed by atoms with Gasteiger partial charge in [0, 0.05) is 23.5 Å². The maximum Gasteiger partial charge on any atom is 0.228 e. The van der Waals surface area contributed by atoms with Gasteiger partial charge in [0.2, 0.25) is 5.91 Å². The number of amides is 1. The monoisotopic (exact) mass is 405 g/mol. The van der Waals surface area contributed by atoms with Crippen molar-refractivity contribution in [3.63, 3.8) is 0 Å². The number of nitrogens with two attached hydrogens (primary N) is 1. The Morgan fingerprint density at radius 2 is 2.20 bits per heavy atom. The van der Waals surface area contributed by atoms with Crippen LogP contribution in [0, 0.1) is 11.7 Å². The van der Waals surface area contributed by atoms with Crippen molar-refractivity contribution in [2.45, 2.75) is 25.8 Å². The fourth-order valence-electron chi connectivity index (χ4n) is 3.06. The maximum atomic E-state index is 13.3. The number of likely N-dealkylation sites (tertiary alicyclic amines) is 1. The van der Waals surface area contributed by atoms with Gasteiger partial charge in [-0.3, -0.25) is 4.79 Å². The van der Waals surface area contributed by atoms with Gasteiger partial charge in [-0.05, 0) is 37.9 Å². The molecule has 8 heteroatoms. The number of benzene rings is 1. The van der Waals surface area contributed by atoms with E-state index in [4.69, 9.17) is 5.73 Å². The molecule has 3 rings (SSSR count). The highest BCUT2D eigenvalue weighted by atomic mass is 35.5. The third-order valence-electron chi connectivity index (χ3n) is 4.27. The molecule has 2 aromatic rings. The van der Waals surface area contributed by atoms with Crippen molar-refractivity contribution in [2.75, 3.05) is 13.1 Å². The molecule has 1 aliphatic heterocycles. The largest absolute Gasteiger partial charge is 0.339 e. The van der Waals surface area contributed by atoms with Gasteiger partial charge in [0.25, 0.3) is 0 Å². The normalized spacial score (nSPS) is 19.2. The summed E-state index contributed by atoms with van der Waals surface area (Å²) in [7, 11) is 0. The van der Waals surface area contributed by atoms with E-state index in [1.807, 2.05) is 16.3 Å². The molecule has 1 amide bonds. The molecule has 1 saturated heterocycles. The number of aromatic nitrogens is 1. The second-order valence-corrected chi connectivity index (χ2v) is 6.92. The van der Waals surface area contributed by atoms with E-state index < -0.39 is 0 Å². The number of carbonyl (C=O) groups is 1. The Morgan fingerprint density at radius 1 is 1.44 bits per heavy atom. The summed E-state index contributed by atoms with van der Waals surface area (Å²) in [6.45, 7) is 3.42. The van der Waals surface area contributed by atoms with Crippen LogP contribution in [0.25, 0.3) is 10.6 Å². The highest BCUT2D eigenvalue weighted by Crippen LogP contribution is 2.26. The van der Waals surface area contributed by atoms with E-state index in [9.17, 15) is 9.18 Å². The lowest BCUT2D eigenvalue weighted by Gasteiger charge is -2.21. The predicted molar refractivity (Wildman–Crippen MR) is 104 cm³/mol. The van der Waals surface area contributed by atoms with Crippen molar-refractivity contribution in [3.8, 4) is 10.6 Å². The molecule has 25 heavy (non-hydrogen) atoms. The summed E-state index contributed by atoms with van der Waals surface area (Å²) in [5.41, 5.74) is 7.19. The van der Waals surface area contributed by atoms with Crippen LogP contribution in [-0.4, -0.2) is 34.9 Å². The molecule has 1 fully saturated rings. The van der Waals surface area contributed by atoms with Crippen molar-refractivity contribution >= 4 is 42.1 Å². The SMILES string of the molecule is CC1CC(CN)CN1C(=O)Cc1csc(-c2cccc(F)c2)n1.Cl.Cl. The van der Waals surface area contributed by atoms with Crippen LogP contribution in [0.1, 0.15) is 19.0 Å². The summed E-state index contributed by atoms with van der Waals surface area (Å²) in [5, 5.41) is 2.61. The van der Waals surface area contributed by atoms with Crippen molar-refractivity contribution in [2.24, 2.45) is 11.7 Å². The average Bonchev–Trinajstić information content (AvgIpc) is 3.13. The van der Waals surface area contributed by atoms with E-state index in [2.05, 4.69) is 11.9 Å². The Bertz CT molecular complexity index is 713. The third-order valence-corrected chi connectivity index (χ3v) is 5.21. The highest BCUT2D eigenvalue weighted by molar-refractivity contribution is 7.13. The molecular formula is C17H22Cl2FN3OS. The lowest BCUT2D eigenvalue weighted by Crippen LogP contribution is -2.35. The number of rotatable bonds is 4. The second kappa shape index (κ2) is 9.48. The summed E-state index contributed by atoms with van der Waals surface area (Å²) in [6, 6.07) is 6.58. The van der Waals surface area contributed by atoms with Gasteiger partial charge in [0.15, 0.2) is 0 Å². The number of halogens is 3. The maximum absolute atomic E-state index is 13.3. The molecule has 2 heterocycles. The molecule has 2 unspecified atom stereocenters. The average molecular weight is 406 g/mol. The molecule has 0 spiro atoms. The Labute approximate surface area is 163 Å². The van der Waals surface area contributed by atoms with Gasteiger partial charge >= 0.3 is 0 Å². The van der Waals surface area contributed by atoms with Gasteiger partial charge in [-0.2, -0.15) is 0 Å². The number of thiazole rings is 1. The summed E-state index contributed by atoms with van der Waals surface area (Å²) < 4.78 is 13.3. The van der Waals surface area contributed by atoms with Crippen LogP contribution in [0.15, 0.2) is 29.6 Å². The van der Waals surface area contributed by atoms with Crippen LogP contribution in [0.2, 0.25) is 0 Å². The van der Waals surface area contributed by atoms with E-state index >= 15 is 0 Å². The van der Waals surface area contributed by atoms with Crippen LogP contribution in [0.4, 0.5) is 4.39 Å². The van der Waals surface area contributed by atoms with Crippen LogP contribution in [-0.2, 0) is 11.2 Å². The molecule has 2 atom stereocenters. The van der Waals surface area contributed by atoms with Gasteiger partial charge in [0.05, 0.1) is 12.1 Å². The molecule has 0 saturated carbocycles. The first kappa shape index (κ1) is 21.8. The van der Waals surface area contributed by atoms with Crippen LogP contribution >= 0.6 is 36.2 Å². The zero-order chi connectivity index (χ0) is 16.4. The first-order valence-electron chi connectivity index (χ1n) is 7.76.